The van der Waals surface area contributed by atoms with Gasteiger partial charge in [-0.3, -0.25) is 4.79 Å². The van der Waals surface area contributed by atoms with Crippen molar-refractivity contribution in [3.8, 4) is 0 Å². The molecule has 9 heteroatoms. The number of anilines is 1. The molecule has 0 aliphatic heterocycles. The summed E-state index contributed by atoms with van der Waals surface area (Å²) in [4.78, 5) is 27.4. The van der Waals surface area contributed by atoms with E-state index in [0.29, 0.717) is 37.7 Å². The number of nitrogens with one attached hydrogen (secondary N) is 1. The Morgan fingerprint density at radius 2 is 1.82 bits per heavy atom. The van der Waals surface area contributed by atoms with Crippen LogP contribution in [0.3, 0.4) is 0 Å². The van der Waals surface area contributed by atoms with Crippen LogP contribution in [0.5, 0.6) is 0 Å². The fraction of sp³-hybridized carbons (Fsp3) is 0.520. The molecule has 2 rings (SSSR count). The number of hydrogen-bond donors (Lipinski definition) is 2. The lowest BCUT2D eigenvalue weighted by Crippen LogP contribution is -2.49. The molecule has 0 bridgehead atoms. The number of halogens is 3. The third-order valence-corrected chi connectivity index (χ3v) is 6.01. The summed E-state index contributed by atoms with van der Waals surface area (Å²) in [6.07, 6.45) is 4.10. The van der Waals surface area contributed by atoms with Crippen LogP contribution in [-0.4, -0.2) is 55.4 Å². The highest BCUT2D eigenvalue weighted by Crippen LogP contribution is 2.28. The van der Waals surface area contributed by atoms with Gasteiger partial charge >= 0.3 is 5.97 Å². The second kappa shape index (κ2) is 14.3. The minimum atomic E-state index is -0.881. The predicted molar refractivity (Wildman–Crippen MR) is 136 cm³/mol. The molecule has 0 saturated heterocycles. The van der Waals surface area contributed by atoms with Crippen LogP contribution in [0.4, 0.5) is 10.1 Å². The summed E-state index contributed by atoms with van der Waals surface area (Å²) < 4.78 is 18.8. The van der Waals surface area contributed by atoms with Crippen LogP contribution in [0, 0.1) is 5.92 Å². The molecule has 0 heterocycles. The predicted octanol–water partition coefficient (Wildman–Crippen LogP) is 4.10. The number of esters is 1. The van der Waals surface area contributed by atoms with Gasteiger partial charge in [0.25, 0.3) is 0 Å². The Labute approximate surface area is 211 Å². The molecule has 1 aliphatic carbocycles. The Morgan fingerprint density at radius 3 is 2.38 bits per heavy atom. The number of nitrogens with two attached hydrogens (primary N) is 1. The first-order chi connectivity index (χ1) is 16.3. The van der Waals surface area contributed by atoms with E-state index in [1.54, 1.807) is 19.9 Å². The topological polar surface area (TPSA) is 84.7 Å². The number of rotatable bonds is 13. The molecule has 1 aromatic carbocycles. The van der Waals surface area contributed by atoms with Crippen molar-refractivity contribution >= 4 is 40.8 Å². The number of allylic oxidation sites excluding steroid dienone is 3. The standard InChI is InChI=1S/C25H34Cl2FN3O3/c1-3-34-25(33)23(16-19-6-9-21(28)17(2)14-19)30-24(32)22(29)15-18-4-7-20(8-5-18)31(12-10-26)13-11-27/h4-9,17,22-23H,3,10-16,29H2,1-2H3,(H,30,32)/t17?,22-,23-/m0/s1. The molecule has 0 fully saturated rings. The molecule has 34 heavy (non-hydrogen) atoms. The van der Waals surface area contributed by atoms with Crippen molar-refractivity contribution in [3.05, 3.63) is 53.4 Å². The first-order valence-electron chi connectivity index (χ1n) is 11.5. The lowest BCUT2D eigenvalue weighted by Gasteiger charge is -2.24. The van der Waals surface area contributed by atoms with Crippen molar-refractivity contribution in [2.75, 3.05) is 36.4 Å². The van der Waals surface area contributed by atoms with Gasteiger partial charge in [0.2, 0.25) is 5.91 Å². The van der Waals surface area contributed by atoms with E-state index in [1.165, 1.54) is 6.08 Å². The maximum Gasteiger partial charge on any atom is 0.328 e. The van der Waals surface area contributed by atoms with Crippen LogP contribution in [0.1, 0.15) is 32.3 Å². The molecule has 1 aliphatic rings. The van der Waals surface area contributed by atoms with E-state index in [1.807, 2.05) is 24.3 Å². The number of hydrogen-bond acceptors (Lipinski definition) is 5. The number of ether oxygens (including phenoxy) is 1. The summed E-state index contributed by atoms with van der Waals surface area (Å²) >= 11 is 11.7. The van der Waals surface area contributed by atoms with Crippen molar-refractivity contribution in [1.29, 1.82) is 0 Å². The molecule has 0 radical (unpaired) electrons. The monoisotopic (exact) mass is 513 g/mol. The summed E-state index contributed by atoms with van der Waals surface area (Å²) in [5.41, 5.74) is 8.91. The van der Waals surface area contributed by atoms with Crippen LogP contribution in [0.25, 0.3) is 0 Å². The van der Waals surface area contributed by atoms with Gasteiger partial charge in [-0.05, 0) is 50.0 Å². The normalized spacial score (nSPS) is 17.3. The zero-order chi connectivity index (χ0) is 25.1. The number of carbonyl (C=O) groups excluding carboxylic acids is 2. The third-order valence-electron chi connectivity index (χ3n) is 5.67. The van der Waals surface area contributed by atoms with Crippen molar-refractivity contribution in [3.63, 3.8) is 0 Å². The highest BCUT2D eigenvalue weighted by Gasteiger charge is 2.27. The van der Waals surface area contributed by atoms with Crippen LogP contribution in [-0.2, 0) is 20.7 Å². The molecule has 1 aromatic rings. The first-order valence-corrected chi connectivity index (χ1v) is 12.6. The quantitative estimate of drug-likeness (QED) is 0.306. The van der Waals surface area contributed by atoms with Crippen LogP contribution in [0.15, 0.2) is 47.8 Å². The Balaban J connectivity index is 2.02. The van der Waals surface area contributed by atoms with E-state index in [9.17, 15) is 14.0 Å². The van der Waals surface area contributed by atoms with Crippen LogP contribution < -0.4 is 16.0 Å². The highest BCUT2D eigenvalue weighted by atomic mass is 35.5. The molecule has 1 amide bonds. The van der Waals surface area contributed by atoms with E-state index in [0.717, 1.165) is 16.8 Å². The zero-order valence-electron chi connectivity index (χ0n) is 19.7. The highest BCUT2D eigenvalue weighted by molar-refractivity contribution is 6.18. The molecule has 0 saturated carbocycles. The van der Waals surface area contributed by atoms with E-state index < -0.39 is 24.0 Å². The average Bonchev–Trinajstić information content (AvgIpc) is 2.81. The molecule has 6 nitrogen and oxygen atoms in total. The fourth-order valence-corrected chi connectivity index (χ4v) is 4.22. The number of alkyl halides is 2. The second-order valence-electron chi connectivity index (χ2n) is 8.34. The Hall–Kier alpha value is -2.09. The Morgan fingerprint density at radius 1 is 1.18 bits per heavy atom. The summed E-state index contributed by atoms with van der Waals surface area (Å²) in [7, 11) is 0. The molecule has 0 spiro atoms. The smallest absolute Gasteiger partial charge is 0.328 e. The van der Waals surface area contributed by atoms with Gasteiger partial charge in [0, 0.05) is 36.5 Å². The summed E-state index contributed by atoms with van der Waals surface area (Å²) in [5.74, 6) is -0.442. The number of carbonyl (C=O) groups is 2. The van der Waals surface area contributed by atoms with Gasteiger partial charge in [0.15, 0.2) is 0 Å². The van der Waals surface area contributed by atoms with Gasteiger partial charge in [-0.15, -0.1) is 23.2 Å². The van der Waals surface area contributed by atoms with Crippen LogP contribution in [0.2, 0.25) is 0 Å². The summed E-state index contributed by atoms with van der Waals surface area (Å²) in [6, 6.07) is 5.99. The second-order valence-corrected chi connectivity index (χ2v) is 9.10. The lowest BCUT2D eigenvalue weighted by atomic mass is 9.90. The minimum absolute atomic E-state index is 0.193. The third kappa shape index (κ3) is 8.60. The maximum atomic E-state index is 13.7. The summed E-state index contributed by atoms with van der Waals surface area (Å²) in [6.45, 7) is 5.04. The maximum absolute atomic E-state index is 13.7. The minimum Gasteiger partial charge on any atom is -0.464 e. The molecule has 3 N–H and O–H groups in total. The number of amides is 1. The SMILES string of the molecule is CCOC(=O)[C@H](CC1=CC=C(F)C(C)C1)NC(=O)[C@@H](N)Cc1ccc(N(CCCl)CCCl)cc1. The molecule has 0 aromatic heterocycles. The molecule has 1 unspecified atom stereocenters. The van der Waals surface area contributed by atoms with Gasteiger partial charge in [-0.1, -0.05) is 30.7 Å². The zero-order valence-corrected chi connectivity index (χ0v) is 21.2. The molecule has 3 atom stereocenters. The first kappa shape index (κ1) is 28.1. The van der Waals surface area contributed by atoms with E-state index in [-0.39, 0.29) is 24.8 Å². The van der Waals surface area contributed by atoms with Crippen molar-refractivity contribution in [2.24, 2.45) is 11.7 Å². The Kier molecular flexibility index (Phi) is 11.9. The fourth-order valence-electron chi connectivity index (χ4n) is 3.81. The number of nitrogens with zero attached hydrogens (tertiary/aromatic N) is 1. The van der Waals surface area contributed by atoms with Crippen molar-refractivity contribution in [1.82, 2.24) is 5.32 Å². The van der Waals surface area contributed by atoms with Crippen LogP contribution >= 0.6 is 23.2 Å². The van der Waals surface area contributed by atoms with Gasteiger partial charge in [-0.2, -0.15) is 0 Å². The van der Waals surface area contributed by atoms with Gasteiger partial charge < -0.3 is 20.7 Å². The van der Waals surface area contributed by atoms with E-state index >= 15 is 0 Å². The van der Waals surface area contributed by atoms with E-state index in [4.69, 9.17) is 33.7 Å². The van der Waals surface area contributed by atoms with Gasteiger partial charge in [0.05, 0.1) is 12.6 Å². The van der Waals surface area contributed by atoms with Crippen molar-refractivity contribution in [2.45, 2.75) is 45.2 Å². The summed E-state index contributed by atoms with van der Waals surface area (Å²) in [5, 5.41) is 2.73. The lowest BCUT2D eigenvalue weighted by molar-refractivity contribution is -0.147. The van der Waals surface area contributed by atoms with Gasteiger partial charge in [0.1, 0.15) is 11.9 Å². The molecular formula is C25H34Cl2FN3O3. The molecular weight excluding hydrogens is 480 g/mol. The average molecular weight is 514 g/mol. The number of benzene rings is 1. The van der Waals surface area contributed by atoms with Crippen molar-refractivity contribution < 1.29 is 18.7 Å². The van der Waals surface area contributed by atoms with E-state index in [2.05, 4.69) is 10.2 Å². The largest absolute Gasteiger partial charge is 0.464 e. The Bertz CT molecular complexity index is 871. The molecule has 188 valence electrons. The van der Waals surface area contributed by atoms with Gasteiger partial charge in [-0.25, -0.2) is 9.18 Å².